The average Bonchev–Trinajstić information content (AvgIpc) is 3.05. The first-order valence-corrected chi connectivity index (χ1v) is 6.06. The van der Waals surface area contributed by atoms with Crippen LogP contribution in [0.5, 0.6) is 0 Å². The first kappa shape index (κ1) is 17.6. The molecular weight excluding hydrogens is 282 g/mol. The van der Waals surface area contributed by atoms with Crippen molar-refractivity contribution in [3.8, 4) is 0 Å². The SMILES string of the molecule is CCOC(=O)CNC[c-]1cccc1.[Fe+2].c1cc[cH-]c1. The molecule has 0 aliphatic carbocycles. The van der Waals surface area contributed by atoms with Gasteiger partial charge in [0.2, 0.25) is 0 Å². The first-order valence-electron chi connectivity index (χ1n) is 6.06. The van der Waals surface area contributed by atoms with Crippen molar-refractivity contribution in [2.24, 2.45) is 0 Å². The molecule has 104 valence electrons. The molecule has 0 unspecified atom stereocenters. The van der Waals surface area contributed by atoms with E-state index in [0.29, 0.717) is 13.2 Å². The molecule has 1 N–H and O–H groups in total. The number of hydrogen-bond donors (Lipinski definition) is 1. The van der Waals surface area contributed by atoms with Crippen molar-refractivity contribution >= 4 is 5.97 Å². The van der Waals surface area contributed by atoms with E-state index in [2.05, 4.69) is 5.32 Å². The fourth-order valence-corrected chi connectivity index (χ4v) is 1.37. The molecule has 0 heterocycles. The van der Waals surface area contributed by atoms with E-state index >= 15 is 0 Å². The number of hydrogen-bond acceptors (Lipinski definition) is 3. The van der Waals surface area contributed by atoms with E-state index in [-0.39, 0.29) is 29.6 Å². The van der Waals surface area contributed by atoms with Gasteiger partial charge in [-0.25, -0.2) is 24.3 Å². The van der Waals surface area contributed by atoms with Crippen molar-refractivity contribution in [2.75, 3.05) is 13.2 Å². The standard InChI is InChI=1S/C10H14NO2.C5H5.Fe/c1-2-13-10(12)8-11-7-9-5-3-4-6-9;1-2-4-5-3-1;/h3-6,11H,2,7-8H2,1H3;1-5H;/q2*-1;+2. The van der Waals surface area contributed by atoms with Crippen LogP contribution in [0.3, 0.4) is 0 Å². The van der Waals surface area contributed by atoms with E-state index in [4.69, 9.17) is 4.74 Å². The zero-order valence-electron chi connectivity index (χ0n) is 11.0. The third-order valence-electron chi connectivity index (χ3n) is 2.19. The van der Waals surface area contributed by atoms with Crippen LogP contribution in [0, 0.1) is 0 Å². The van der Waals surface area contributed by atoms with Gasteiger partial charge in [-0.1, -0.05) is 0 Å². The van der Waals surface area contributed by atoms with Crippen LogP contribution < -0.4 is 5.32 Å². The van der Waals surface area contributed by atoms with Crippen molar-refractivity contribution < 1.29 is 26.6 Å². The Morgan fingerprint density at radius 1 is 1.21 bits per heavy atom. The Morgan fingerprint density at radius 2 is 1.84 bits per heavy atom. The van der Waals surface area contributed by atoms with E-state index in [1.807, 2.05) is 54.6 Å². The molecule has 2 aromatic rings. The predicted octanol–water partition coefficient (Wildman–Crippen LogP) is 2.46. The molecule has 0 fully saturated rings. The van der Waals surface area contributed by atoms with Gasteiger partial charge < -0.3 is 10.1 Å². The monoisotopic (exact) mass is 301 g/mol. The number of rotatable bonds is 5. The van der Waals surface area contributed by atoms with Crippen LogP contribution in [0.1, 0.15) is 12.5 Å². The fourth-order valence-electron chi connectivity index (χ4n) is 1.37. The van der Waals surface area contributed by atoms with Crippen LogP contribution in [0.2, 0.25) is 0 Å². The Kier molecular flexibility index (Phi) is 10.9. The minimum absolute atomic E-state index is 0. The molecule has 3 nitrogen and oxygen atoms in total. The summed E-state index contributed by atoms with van der Waals surface area (Å²) < 4.78 is 4.76. The topological polar surface area (TPSA) is 38.3 Å². The molecule has 0 saturated heterocycles. The summed E-state index contributed by atoms with van der Waals surface area (Å²) >= 11 is 0. The zero-order valence-corrected chi connectivity index (χ0v) is 12.1. The Balaban J connectivity index is 0.000000454. The van der Waals surface area contributed by atoms with Gasteiger partial charge in [0.25, 0.3) is 0 Å². The molecule has 0 saturated carbocycles. The molecule has 2 rings (SSSR count). The summed E-state index contributed by atoms with van der Waals surface area (Å²) in [5.74, 6) is -0.200. The van der Waals surface area contributed by atoms with Crippen molar-refractivity contribution in [2.45, 2.75) is 13.5 Å². The van der Waals surface area contributed by atoms with Gasteiger partial charge in [0.15, 0.2) is 0 Å². The van der Waals surface area contributed by atoms with Crippen LogP contribution in [-0.2, 0) is 33.1 Å². The van der Waals surface area contributed by atoms with E-state index in [9.17, 15) is 4.79 Å². The zero-order chi connectivity index (χ0) is 13.1. The van der Waals surface area contributed by atoms with Gasteiger partial charge in [0.05, 0.1) is 13.2 Å². The molecule has 0 aliphatic rings. The molecule has 19 heavy (non-hydrogen) atoms. The summed E-state index contributed by atoms with van der Waals surface area (Å²) in [4.78, 5) is 10.9. The minimum atomic E-state index is -0.200. The van der Waals surface area contributed by atoms with Gasteiger partial charge >= 0.3 is 23.0 Å². The van der Waals surface area contributed by atoms with Crippen molar-refractivity contribution in [1.29, 1.82) is 0 Å². The Morgan fingerprint density at radius 3 is 2.32 bits per heavy atom. The van der Waals surface area contributed by atoms with Gasteiger partial charge in [-0.15, -0.1) is 5.56 Å². The van der Waals surface area contributed by atoms with E-state index < -0.39 is 0 Å². The third kappa shape index (κ3) is 9.25. The molecule has 4 heteroatoms. The molecule has 0 spiro atoms. The van der Waals surface area contributed by atoms with Gasteiger partial charge in [0, 0.05) is 0 Å². The predicted molar refractivity (Wildman–Crippen MR) is 72.4 cm³/mol. The maximum absolute atomic E-state index is 10.9. The first-order chi connectivity index (χ1) is 8.83. The Hall–Kier alpha value is -1.35. The van der Waals surface area contributed by atoms with E-state index in [0.717, 1.165) is 0 Å². The van der Waals surface area contributed by atoms with Crippen LogP contribution in [0.25, 0.3) is 0 Å². The summed E-state index contributed by atoms with van der Waals surface area (Å²) in [5.41, 5.74) is 1.18. The van der Waals surface area contributed by atoms with Crippen molar-refractivity contribution in [1.82, 2.24) is 5.32 Å². The summed E-state index contributed by atoms with van der Waals surface area (Å²) in [6.07, 6.45) is 0. The Labute approximate surface area is 125 Å². The molecule has 2 aromatic carbocycles. The maximum Gasteiger partial charge on any atom is 2.00 e. The summed E-state index contributed by atoms with van der Waals surface area (Å²) in [5, 5.41) is 3.00. The Bertz CT molecular complexity index is 378. The summed E-state index contributed by atoms with van der Waals surface area (Å²) in [6, 6.07) is 18.0. The normalized spacial score (nSPS) is 8.89. The fraction of sp³-hybridized carbons (Fsp3) is 0.267. The minimum Gasteiger partial charge on any atom is -0.465 e. The molecule has 0 aromatic heterocycles. The molecular formula is C15H19FeNO2. The van der Waals surface area contributed by atoms with Crippen molar-refractivity contribution in [3.63, 3.8) is 0 Å². The number of carbonyl (C=O) groups is 1. The smallest absolute Gasteiger partial charge is 0.465 e. The van der Waals surface area contributed by atoms with Gasteiger partial charge in [-0.2, -0.15) is 30.3 Å². The second kappa shape index (κ2) is 11.7. The van der Waals surface area contributed by atoms with Crippen molar-refractivity contribution in [3.05, 3.63) is 60.2 Å². The second-order valence-electron chi connectivity index (χ2n) is 3.66. The second-order valence-corrected chi connectivity index (χ2v) is 3.66. The molecule has 0 radical (unpaired) electrons. The largest absolute Gasteiger partial charge is 2.00 e. The summed E-state index contributed by atoms with van der Waals surface area (Å²) in [6.45, 7) is 3.23. The molecule has 0 aliphatic heterocycles. The van der Waals surface area contributed by atoms with E-state index in [1.54, 1.807) is 6.92 Å². The van der Waals surface area contributed by atoms with Crippen LogP contribution in [0.4, 0.5) is 0 Å². The van der Waals surface area contributed by atoms with Crippen LogP contribution >= 0.6 is 0 Å². The third-order valence-corrected chi connectivity index (χ3v) is 2.19. The molecule has 0 amide bonds. The summed E-state index contributed by atoms with van der Waals surface area (Å²) in [7, 11) is 0. The van der Waals surface area contributed by atoms with E-state index in [1.165, 1.54) is 5.56 Å². The van der Waals surface area contributed by atoms with Crippen LogP contribution in [-0.4, -0.2) is 19.1 Å². The van der Waals surface area contributed by atoms with Gasteiger partial charge in [0.1, 0.15) is 0 Å². The molecule has 0 atom stereocenters. The number of ether oxygens (including phenoxy) is 1. The number of nitrogens with one attached hydrogen (secondary N) is 1. The van der Waals surface area contributed by atoms with Gasteiger partial charge in [-0.05, 0) is 13.5 Å². The average molecular weight is 301 g/mol. The number of esters is 1. The van der Waals surface area contributed by atoms with Crippen LogP contribution in [0.15, 0.2) is 54.6 Å². The van der Waals surface area contributed by atoms with Gasteiger partial charge in [-0.3, -0.25) is 4.79 Å². The maximum atomic E-state index is 10.9. The molecule has 0 bridgehead atoms. The number of carbonyl (C=O) groups excluding carboxylic acids is 1. The quantitative estimate of drug-likeness (QED) is 0.524.